The van der Waals surface area contributed by atoms with Crippen LogP contribution in [0.2, 0.25) is 5.02 Å². The second-order valence-electron chi connectivity index (χ2n) is 5.24. The van der Waals surface area contributed by atoms with E-state index in [2.05, 4.69) is 51.7 Å². The number of aromatic nitrogens is 1. The van der Waals surface area contributed by atoms with E-state index >= 15 is 0 Å². The molecule has 3 aromatic rings. The molecule has 0 aliphatic rings. The van der Waals surface area contributed by atoms with Gasteiger partial charge in [0.15, 0.2) is 0 Å². The Hall–Kier alpha value is -0.540. The Balaban J connectivity index is 1.90. The maximum Gasteiger partial charge on any atom is 0.109 e. The van der Waals surface area contributed by atoms with E-state index in [9.17, 15) is 0 Å². The van der Waals surface area contributed by atoms with E-state index in [1.165, 1.54) is 7.71 Å². The molecule has 124 valence electrons. The van der Waals surface area contributed by atoms with E-state index in [1.54, 1.807) is 11.3 Å². The summed E-state index contributed by atoms with van der Waals surface area (Å²) in [7, 11) is 0. The number of thiocarbonyl (C=S) groups is 1. The maximum atomic E-state index is 5.92. The van der Waals surface area contributed by atoms with Crippen molar-refractivity contribution in [2.45, 2.75) is 20.0 Å². The van der Waals surface area contributed by atoms with Crippen molar-refractivity contribution in [3.63, 3.8) is 0 Å². The summed E-state index contributed by atoms with van der Waals surface area (Å²) in [5, 5.41) is 5.15. The van der Waals surface area contributed by atoms with Crippen LogP contribution in [-0.2, 0) is 13.1 Å². The molecule has 3 rings (SSSR count). The highest BCUT2D eigenvalue weighted by atomic mass is 127. The smallest absolute Gasteiger partial charge is 0.109 e. The van der Waals surface area contributed by atoms with Crippen molar-refractivity contribution in [2.75, 3.05) is 0 Å². The lowest BCUT2D eigenvalue weighted by atomic mass is 10.2. The van der Waals surface area contributed by atoms with Gasteiger partial charge in [0, 0.05) is 35.3 Å². The van der Waals surface area contributed by atoms with Crippen molar-refractivity contribution >= 4 is 85.2 Å². The molecule has 0 amide bonds. The normalized spacial score (nSPS) is 11.0. The molecular weight excluding hydrogens is 491 g/mol. The molecule has 1 aromatic carbocycles. The van der Waals surface area contributed by atoms with Gasteiger partial charge in [0.25, 0.3) is 0 Å². The number of benzene rings is 1. The minimum Gasteiger partial charge on any atom is -0.372 e. The van der Waals surface area contributed by atoms with Crippen LogP contribution < -0.4 is 5.32 Å². The monoisotopic (exact) mass is 504 g/mol. The van der Waals surface area contributed by atoms with Crippen LogP contribution in [0, 0.1) is 7.39 Å². The van der Waals surface area contributed by atoms with Crippen LogP contribution >= 0.6 is 70.0 Å². The van der Waals surface area contributed by atoms with Crippen LogP contribution in [0.5, 0.6) is 0 Å². The summed E-state index contributed by atoms with van der Waals surface area (Å²) in [4.78, 5) is 1.89. The number of pyridine rings is 1. The summed E-state index contributed by atoms with van der Waals surface area (Å²) < 4.78 is 4.26. The van der Waals surface area contributed by atoms with Crippen LogP contribution in [0.4, 0.5) is 0 Å². The number of halogens is 2. The van der Waals surface area contributed by atoms with Gasteiger partial charge in [-0.25, -0.2) is 0 Å². The molecular formula is C17H14ClIN2S3. The van der Waals surface area contributed by atoms with Crippen molar-refractivity contribution in [1.82, 2.24) is 9.88 Å². The Morgan fingerprint density at radius 3 is 2.71 bits per heavy atom. The van der Waals surface area contributed by atoms with Crippen LogP contribution in [0.1, 0.15) is 18.1 Å². The van der Waals surface area contributed by atoms with Gasteiger partial charge in [0.1, 0.15) is 9.82 Å². The highest BCUT2D eigenvalue weighted by molar-refractivity contribution is 14.1. The van der Waals surface area contributed by atoms with Crippen molar-refractivity contribution in [3.05, 3.63) is 60.1 Å². The predicted molar refractivity (Wildman–Crippen MR) is 119 cm³/mol. The van der Waals surface area contributed by atoms with Crippen molar-refractivity contribution < 1.29 is 0 Å². The molecule has 0 saturated heterocycles. The lowest BCUT2D eigenvalue weighted by molar-refractivity contribution is 0.792. The fourth-order valence-electron chi connectivity index (χ4n) is 2.42. The van der Waals surface area contributed by atoms with Crippen molar-refractivity contribution in [2.24, 2.45) is 0 Å². The fourth-order valence-corrected chi connectivity index (χ4v) is 5.08. The van der Waals surface area contributed by atoms with Gasteiger partial charge in [-0.15, -0.1) is 11.3 Å². The molecule has 24 heavy (non-hydrogen) atoms. The highest BCUT2D eigenvalue weighted by Gasteiger charge is 2.12. The Kier molecular flexibility index (Phi) is 5.92. The van der Waals surface area contributed by atoms with Gasteiger partial charge in [-0.3, -0.25) is 0 Å². The topological polar surface area (TPSA) is 17.0 Å². The maximum absolute atomic E-state index is 5.92. The summed E-state index contributed by atoms with van der Waals surface area (Å²) in [5.74, 6) is 0. The van der Waals surface area contributed by atoms with E-state index in [1.807, 2.05) is 24.3 Å². The van der Waals surface area contributed by atoms with E-state index in [0.717, 1.165) is 32.6 Å². The highest BCUT2D eigenvalue weighted by Crippen LogP contribution is 2.29. The average Bonchev–Trinajstić information content (AvgIpc) is 2.97. The molecule has 0 fully saturated rings. The number of fused-ring (bicyclic) bond motifs is 1. The molecule has 0 spiro atoms. The second kappa shape index (κ2) is 7.78. The molecule has 7 heteroatoms. The minimum atomic E-state index is 0.649. The zero-order chi connectivity index (χ0) is 17.3. The van der Waals surface area contributed by atoms with E-state index in [4.69, 9.17) is 36.0 Å². The van der Waals surface area contributed by atoms with Gasteiger partial charge in [0.05, 0.1) is 7.39 Å². The molecule has 2 aromatic heterocycles. The number of rotatable bonds is 4. The number of nitrogens with zero attached hydrogens (tertiary/aromatic N) is 1. The minimum absolute atomic E-state index is 0.649. The predicted octanol–water partition coefficient (Wildman–Crippen LogP) is 6.18. The molecule has 1 N–H and O–H groups in total. The summed E-state index contributed by atoms with van der Waals surface area (Å²) in [6, 6.07) is 9.88. The van der Waals surface area contributed by atoms with Crippen LogP contribution in [0.3, 0.4) is 0 Å². The number of hydrogen-bond donors (Lipinski definition) is 1. The molecule has 2 heterocycles. The summed E-state index contributed by atoms with van der Waals surface area (Å²) in [6.45, 7) is 3.66. The fraction of sp³-hybridized carbons (Fsp3) is 0.176. The zero-order valence-electron chi connectivity index (χ0n) is 12.8. The average molecular weight is 505 g/mol. The Morgan fingerprint density at radius 1 is 1.33 bits per heavy atom. The molecule has 0 aliphatic carbocycles. The van der Waals surface area contributed by atoms with Crippen LogP contribution in [0.15, 0.2) is 36.5 Å². The Bertz CT molecular complexity index is 960. The van der Waals surface area contributed by atoms with E-state index in [-0.39, 0.29) is 0 Å². The lowest BCUT2D eigenvalue weighted by Crippen LogP contribution is -2.22. The van der Waals surface area contributed by atoms with Gasteiger partial charge in [-0.1, -0.05) is 48.2 Å². The largest absolute Gasteiger partial charge is 0.372 e. The van der Waals surface area contributed by atoms with Gasteiger partial charge in [0.2, 0.25) is 0 Å². The first kappa shape index (κ1) is 18.3. The molecule has 0 radical (unpaired) electrons. The van der Waals surface area contributed by atoms with Gasteiger partial charge < -0.3 is 9.88 Å². The van der Waals surface area contributed by atoms with Crippen LogP contribution in [-0.4, -0.2) is 9.56 Å². The SMILES string of the molecule is CCn1cc(C(=S)NCc2ccc(Cl)cc2)c(=S)c2cc(I)sc21. The number of thiophene rings is 1. The number of hydrogen-bond acceptors (Lipinski definition) is 3. The standard InChI is InChI=1S/C17H14ClIN2S3/c1-2-21-9-13(15(22)12-7-14(19)24-17(12)21)16(23)20-8-10-3-5-11(18)6-4-10/h3-7,9H,2,8H2,1H3,(H,20,23). The number of aryl methyl sites for hydroxylation is 1. The summed E-state index contributed by atoms with van der Waals surface area (Å²) >= 11 is 21.3. The van der Waals surface area contributed by atoms with Gasteiger partial charge in [-0.05, 0) is 53.3 Å². The summed E-state index contributed by atoms with van der Waals surface area (Å²) in [6.07, 6.45) is 2.06. The van der Waals surface area contributed by atoms with Crippen molar-refractivity contribution in [3.8, 4) is 0 Å². The van der Waals surface area contributed by atoms with Crippen LogP contribution in [0.25, 0.3) is 10.2 Å². The van der Waals surface area contributed by atoms with E-state index in [0.29, 0.717) is 11.5 Å². The molecule has 2 nitrogen and oxygen atoms in total. The van der Waals surface area contributed by atoms with E-state index < -0.39 is 0 Å². The van der Waals surface area contributed by atoms with Gasteiger partial charge in [-0.2, -0.15) is 0 Å². The first-order valence-electron chi connectivity index (χ1n) is 7.34. The Labute approximate surface area is 174 Å². The first-order chi connectivity index (χ1) is 11.5. The quantitative estimate of drug-likeness (QED) is 0.338. The Morgan fingerprint density at radius 2 is 2.04 bits per heavy atom. The third kappa shape index (κ3) is 3.83. The molecule has 0 atom stereocenters. The second-order valence-corrected chi connectivity index (χ2v) is 9.41. The zero-order valence-corrected chi connectivity index (χ0v) is 18.2. The molecule has 0 bridgehead atoms. The summed E-state index contributed by atoms with van der Waals surface area (Å²) in [5.41, 5.74) is 2.04. The number of nitrogens with one attached hydrogen (secondary N) is 1. The third-order valence-electron chi connectivity index (χ3n) is 3.67. The van der Waals surface area contributed by atoms with Gasteiger partial charge >= 0.3 is 0 Å². The molecule has 0 aliphatic heterocycles. The lowest BCUT2D eigenvalue weighted by Gasteiger charge is -2.12. The third-order valence-corrected chi connectivity index (χ3v) is 6.66. The first-order valence-corrected chi connectivity index (χ1v) is 10.4. The molecule has 0 unspecified atom stereocenters. The molecule has 0 saturated carbocycles. The van der Waals surface area contributed by atoms with Crippen molar-refractivity contribution in [1.29, 1.82) is 0 Å².